The lowest BCUT2D eigenvalue weighted by molar-refractivity contribution is -0.115. The molecule has 0 aliphatic carbocycles. The van der Waals surface area contributed by atoms with Gasteiger partial charge < -0.3 is 5.32 Å². The summed E-state index contributed by atoms with van der Waals surface area (Å²) in [6, 6.07) is 11.2. The minimum absolute atomic E-state index is 0.139. The van der Waals surface area contributed by atoms with E-state index in [0.717, 1.165) is 4.90 Å². The molecule has 4 rings (SSSR count). The van der Waals surface area contributed by atoms with E-state index in [1.807, 2.05) is 0 Å². The van der Waals surface area contributed by atoms with E-state index >= 15 is 0 Å². The van der Waals surface area contributed by atoms with Crippen molar-refractivity contribution in [3.8, 4) is 0 Å². The number of hydrazine groups is 1. The number of benzene rings is 2. The molecule has 26 heavy (non-hydrogen) atoms. The van der Waals surface area contributed by atoms with E-state index in [4.69, 9.17) is 0 Å². The molecule has 0 saturated carbocycles. The van der Waals surface area contributed by atoms with Crippen molar-refractivity contribution in [2.45, 2.75) is 17.1 Å². The van der Waals surface area contributed by atoms with Crippen molar-refractivity contribution in [3.63, 3.8) is 0 Å². The maximum Gasteiger partial charge on any atom is 0.280 e. The summed E-state index contributed by atoms with van der Waals surface area (Å²) in [6.45, 7) is 1.80. The number of carbonyl (C=O) groups is 4. The Hall–Kier alpha value is -3.13. The van der Waals surface area contributed by atoms with Crippen LogP contribution in [-0.4, -0.2) is 33.9 Å². The van der Waals surface area contributed by atoms with Crippen LogP contribution in [-0.2, 0) is 4.79 Å². The van der Waals surface area contributed by atoms with Crippen LogP contribution in [0.1, 0.15) is 38.0 Å². The second kappa shape index (κ2) is 5.99. The van der Waals surface area contributed by atoms with Crippen LogP contribution in [0.4, 0.5) is 5.69 Å². The first-order chi connectivity index (χ1) is 12.5. The van der Waals surface area contributed by atoms with Crippen molar-refractivity contribution in [3.05, 3.63) is 59.2 Å². The summed E-state index contributed by atoms with van der Waals surface area (Å²) in [6.07, 6.45) is 0. The first-order valence-electron chi connectivity index (χ1n) is 7.86. The Morgan fingerprint density at radius 2 is 1.73 bits per heavy atom. The van der Waals surface area contributed by atoms with Crippen LogP contribution in [0.3, 0.4) is 0 Å². The van der Waals surface area contributed by atoms with Gasteiger partial charge in [-0.05, 0) is 37.3 Å². The number of anilines is 1. The largest absolute Gasteiger partial charge is 0.324 e. The van der Waals surface area contributed by atoms with Gasteiger partial charge in [-0.15, -0.1) is 11.8 Å². The van der Waals surface area contributed by atoms with Gasteiger partial charge in [0.15, 0.2) is 0 Å². The van der Waals surface area contributed by atoms with E-state index in [2.05, 4.69) is 10.7 Å². The van der Waals surface area contributed by atoms with Gasteiger partial charge in [-0.25, -0.2) is 0 Å². The lowest BCUT2D eigenvalue weighted by atomic mass is 10.1. The van der Waals surface area contributed by atoms with Crippen molar-refractivity contribution in [1.82, 2.24) is 10.4 Å². The van der Waals surface area contributed by atoms with E-state index in [-0.39, 0.29) is 27.8 Å². The standard InChI is InChI=1S/C18H13N3O4S/c1-9-15(22)19-13-8-10(6-7-14(13)26-9)16(23)20-21-17(24)11-4-2-3-5-12(11)18(21)25/h2-9H,1H3,(H,19,22)(H,20,23). The molecule has 2 aromatic rings. The van der Waals surface area contributed by atoms with Crippen LogP contribution < -0.4 is 10.7 Å². The summed E-state index contributed by atoms with van der Waals surface area (Å²) < 4.78 is 0. The van der Waals surface area contributed by atoms with Gasteiger partial charge in [0, 0.05) is 10.5 Å². The second-order valence-corrected chi connectivity index (χ2v) is 7.28. The molecule has 7 nitrogen and oxygen atoms in total. The minimum Gasteiger partial charge on any atom is -0.324 e. The van der Waals surface area contributed by atoms with Crippen molar-refractivity contribution >= 4 is 41.1 Å². The molecular formula is C18H13N3O4S. The summed E-state index contributed by atoms with van der Waals surface area (Å²) in [4.78, 5) is 49.8. The zero-order chi connectivity index (χ0) is 18.4. The fraction of sp³-hybridized carbons (Fsp3) is 0.111. The summed E-state index contributed by atoms with van der Waals surface area (Å²) in [7, 11) is 0. The molecule has 2 aliphatic rings. The average Bonchev–Trinajstić information content (AvgIpc) is 2.87. The summed E-state index contributed by atoms with van der Waals surface area (Å²) >= 11 is 1.40. The van der Waals surface area contributed by atoms with Gasteiger partial charge in [-0.1, -0.05) is 12.1 Å². The van der Waals surface area contributed by atoms with Crippen molar-refractivity contribution in [1.29, 1.82) is 0 Å². The van der Waals surface area contributed by atoms with Gasteiger partial charge >= 0.3 is 0 Å². The fourth-order valence-corrected chi connectivity index (χ4v) is 3.74. The Morgan fingerprint density at radius 1 is 1.08 bits per heavy atom. The lowest BCUT2D eigenvalue weighted by Crippen LogP contribution is -2.45. The molecule has 4 amide bonds. The second-order valence-electron chi connectivity index (χ2n) is 5.89. The number of thioether (sulfide) groups is 1. The first kappa shape index (κ1) is 16.3. The van der Waals surface area contributed by atoms with Crippen LogP contribution >= 0.6 is 11.8 Å². The molecule has 2 heterocycles. The van der Waals surface area contributed by atoms with Crippen LogP contribution in [0, 0.1) is 0 Å². The van der Waals surface area contributed by atoms with E-state index in [0.29, 0.717) is 10.7 Å². The lowest BCUT2D eigenvalue weighted by Gasteiger charge is -2.22. The van der Waals surface area contributed by atoms with Gasteiger partial charge in [0.25, 0.3) is 17.7 Å². The highest BCUT2D eigenvalue weighted by molar-refractivity contribution is 8.00. The van der Waals surface area contributed by atoms with Gasteiger partial charge in [0.1, 0.15) is 0 Å². The number of nitrogens with zero attached hydrogens (tertiary/aromatic N) is 1. The van der Waals surface area contributed by atoms with E-state index < -0.39 is 17.7 Å². The molecule has 1 atom stereocenters. The molecule has 0 bridgehead atoms. The smallest absolute Gasteiger partial charge is 0.280 e. The molecule has 0 spiro atoms. The number of carbonyl (C=O) groups excluding carboxylic acids is 4. The molecule has 8 heteroatoms. The van der Waals surface area contributed by atoms with Crippen LogP contribution in [0.2, 0.25) is 0 Å². The Bertz CT molecular complexity index is 953. The number of hydrogen-bond donors (Lipinski definition) is 2. The molecule has 130 valence electrons. The monoisotopic (exact) mass is 367 g/mol. The Morgan fingerprint density at radius 3 is 2.38 bits per heavy atom. The zero-order valence-electron chi connectivity index (χ0n) is 13.6. The highest BCUT2D eigenvalue weighted by Crippen LogP contribution is 2.36. The van der Waals surface area contributed by atoms with Gasteiger partial charge in [0.05, 0.1) is 22.1 Å². The Balaban J connectivity index is 1.57. The number of hydrogen-bond acceptors (Lipinski definition) is 5. The van der Waals surface area contributed by atoms with E-state index in [1.165, 1.54) is 30.0 Å². The average molecular weight is 367 g/mol. The molecule has 0 saturated heterocycles. The summed E-state index contributed by atoms with van der Waals surface area (Å²) in [5.74, 6) is -1.90. The molecule has 2 N–H and O–H groups in total. The third kappa shape index (κ3) is 2.55. The third-order valence-electron chi connectivity index (χ3n) is 4.18. The zero-order valence-corrected chi connectivity index (χ0v) is 14.4. The maximum atomic E-state index is 12.5. The number of nitrogens with one attached hydrogen (secondary N) is 2. The Kier molecular flexibility index (Phi) is 3.77. The molecule has 1 unspecified atom stereocenters. The first-order valence-corrected chi connectivity index (χ1v) is 8.74. The number of amides is 4. The summed E-state index contributed by atoms with van der Waals surface area (Å²) in [5.41, 5.74) is 3.61. The third-order valence-corrected chi connectivity index (χ3v) is 5.36. The highest BCUT2D eigenvalue weighted by atomic mass is 32.2. The minimum atomic E-state index is -0.611. The molecule has 0 fully saturated rings. The van der Waals surface area contributed by atoms with Gasteiger partial charge in [-0.3, -0.25) is 24.6 Å². The molecule has 0 radical (unpaired) electrons. The predicted octanol–water partition coefficient (Wildman–Crippen LogP) is 2.06. The number of imide groups is 1. The Labute approximate surface area is 152 Å². The quantitative estimate of drug-likeness (QED) is 0.792. The normalized spacial score (nSPS) is 18.3. The number of fused-ring (bicyclic) bond motifs is 2. The molecule has 2 aromatic carbocycles. The van der Waals surface area contributed by atoms with Crippen LogP contribution in [0.5, 0.6) is 0 Å². The van der Waals surface area contributed by atoms with Crippen molar-refractivity contribution in [2.24, 2.45) is 0 Å². The van der Waals surface area contributed by atoms with E-state index in [9.17, 15) is 19.2 Å². The SMILES string of the molecule is CC1Sc2ccc(C(=O)NN3C(=O)c4ccccc4C3=O)cc2NC1=O. The predicted molar refractivity (Wildman–Crippen MR) is 94.8 cm³/mol. The summed E-state index contributed by atoms with van der Waals surface area (Å²) in [5, 5.41) is 3.25. The van der Waals surface area contributed by atoms with E-state index in [1.54, 1.807) is 31.2 Å². The molecule has 0 aromatic heterocycles. The highest BCUT2D eigenvalue weighted by Gasteiger charge is 2.36. The topological polar surface area (TPSA) is 95.6 Å². The fourth-order valence-electron chi connectivity index (χ4n) is 2.81. The molecule has 2 aliphatic heterocycles. The number of rotatable bonds is 2. The van der Waals surface area contributed by atoms with Crippen LogP contribution in [0.25, 0.3) is 0 Å². The van der Waals surface area contributed by atoms with Crippen LogP contribution in [0.15, 0.2) is 47.4 Å². The van der Waals surface area contributed by atoms with Gasteiger partial charge in [0.2, 0.25) is 5.91 Å². The van der Waals surface area contributed by atoms with Gasteiger partial charge in [-0.2, -0.15) is 5.01 Å². The maximum absolute atomic E-state index is 12.5. The van der Waals surface area contributed by atoms with Crippen molar-refractivity contribution < 1.29 is 19.2 Å². The van der Waals surface area contributed by atoms with Crippen molar-refractivity contribution in [2.75, 3.05) is 5.32 Å². The molecular weight excluding hydrogens is 354 g/mol.